The van der Waals surface area contributed by atoms with E-state index in [1.165, 1.54) is 19.4 Å². The monoisotopic (exact) mass is 387 g/mol. The smallest absolute Gasteiger partial charge is 0.331 e. The Hall–Kier alpha value is -4.15. The van der Waals surface area contributed by atoms with Crippen molar-refractivity contribution in [1.82, 2.24) is 10.2 Å². The minimum absolute atomic E-state index is 0.0483. The number of nitro benzene ring substituents is 1. The SMILES string of the molecule is COc1cc(/C=C2\C(=O)NC(=O)N(Cc3ccco3)C2=O)cc([N+](=O)[O-])c1O. The zero-order chi connectivity index (χ0) is 20.4. The molecule has 0 saturated carbocycles. The Bertz CT molecular complexity index is 1010. The maximum absolute atomic E-state index is 12.6. The fraction of sp³-hybridized carbons (Fsp3) is 0.118. The van der Waals surface area contributed by atoms with Gasteiger partial charge in [-0.05, 0) is 29.8 Å². The van der Waals surface area contributed by atoms with Crippen LogP contribution in [0.1, 0.15) is 11.3 Å². The number of nitrogens with zero attached hydrogens (tertiary/aromatic N) is 2. The summed E-state index contributed by atoms with van der Waals surface area (Å²) in [5.74, 6) is -2.45. The molecule has 1 fully saturated rings. The van der Waals surface area contributed by atoms with Crippen LogP contribution >= 0.6 is 0 Å². The van der Waals surface area contributed by atoms with Gasteiger partial charge in [-0.15, -0.1) is 0 Å². The van der Waals surface area contributed by atoms with Crippen LogP contribution in [0.3, 0.4) is 0 Å². The molecule has 0 aliphatic carbocycles. The van der Waals surface area contributed by atoms with Crippen LogP contribution in [0.4, 0.5) is 10.5 Å². The molecule has 0 bridgehead atoms. The summed E-state index contributed by atoms with van der Waals surface area (Å²) in [7, 11) is 1.19. The molecule has 2 heterocycles. The number of hydrogen-bond acceptors (Lipinski definition) is 8. The predicted molar refractivity (Wildman–Crippen MR) is 92.1 cm³/mol. The molecular weight excluding hydrogens is 374 g/mol. The Morgan fingerprint density at radius 3 is 2.71 bits per heavy atom. The molecule has 144 valence electrons. The number of phenols is 1. The molecule has 1 aliphatic heterocycles. The fourth-order valence-corrected chi connectivity index (χ4v) is 2.55. The number of ether oxygens (including phenoxy) is 1. The number of carbonyl (C=O) groups excluding carboxylic acids is 3. The highest BCUT2D eigenvalue weighted by Gasteiger charge is 2.36. The number of urea groups is 1. The van der Waals surface area contributed by atoms with E-state index in [-0.39, 0.29) is 17.9 Å². The lowest BCUT2D eigenvalue weighted by Crippen LogP contribution is -2.53. The summed E-state index contributed by atoms with van der Waals surface area (Å²) in [5, 5.41) is 22.9. The number of barbiturate groups is 1. The van der Waals surface area contributed by atoms with E-state index >= 15 is 0 Å². The Morgan fingerprint density at radius 2 is 2.11 bits per heavy atom. The van der Waals surface area contributed by atoms with Crippen LogP contribution < -0.4 is 10.1 Å². The number of furan rings is 1. The molecule has 11 nitrogen and oxygen atoms in total. The molecule has 4 amide bonds. The Labute approximate surface area is 156 Å². The Morgan fingerprint density at radius 1 is 1.36 bits per heavy atom. The number of rotatable bonds is 5. The molecule has 28 heavy (non-hydrogen) atoms. The van der Waals surface area contributed by atoms with Gasteiger partial charge in [0.25, 0.3) is 11.8 Å². The quantitative estimate of drug-likeness (QED) is 0.339. The number of aromatic hydroxyl groups is 1. The van der Waals surface area contributed by atoms with Crippen molar-refractivity contribution in [2.75, 3.05) is 7.11 Å². The molecule has 1 saturated heterocycles. The van der Waals surface area contributed by atoms with Gasteiger partial charge in [-0.2, -0.15) is 0 Å². The second kappa shape index (κ2) is 7.23. The molecule has 0 atom stereocenters. The van der Waals surface area contributed by atoms with Gasteiger partial charge in [-0.1, -0.05) is 0 Å². The molecule has 11 heteroatoms. The molecule has 0 radical (unpaired) electrons. The van der Waals surface area contributed by atoms with Gasteiger partial charge in [0.2, 0.25) is 5.75 Å². The maximum Gasteiger partial charge on any atom is 0.331 e. The number of phenolic OH excluding ortho intramolecular Hbond substituents is 1. The summed E-state index contributed by atoms with van der Waals surface area (Å²) in [5.41, 5.74) is -1.04. The first-order valence-corrected chi connectivity index (χ1v) is 7.78. The highest BCUT2D eigenvalue weighted by atomic mass is 16.6. The van der Waals surface area contributed by atoms with Crippen LogP contribution in [-0.4, -0.2) is 39.9 Å². The highest BCUT2D eigenvalue weighted by molar-refractivity contribution is 6.30. The van der Waals surface area contributed by atoms with E-state index in [1.807, 2.05) is 5.32 Å². The zero-order valence-electron chi connectivity index (χ0n) is 14.4. The molecule has 1 aliphatic rings. The van der Waals surface area contributed by atoms with Gasteiger partial charge in [0, 0.05) is 6.07 Å². The van der Waals surface area contributed by atoms with E-state index in [1.54, 1.807) is 12.1 Å². The summed E-state index contributed by atoms with van der Waals surface area (Å²) >= 11 is 0. The second-order valence-electron chi connectivity index (χ2n) is 5.64. The van der Waals surface area contributed by atoms with Crippen molar-refractivity contribution in [3.8, 4) is 11.5 Å². The van der Waals surface area contributed by atoms with E-state index in [9.17, 15) is 29.6 Å². The van der Waals surface area contributed by atoms with Crippen LogP contribution in [0.5, 0.6) is 11.5 Å². The lowest BCUT2D eigenvalue weighted by Gasteiger charge is -2.25. The largest absolute Gasteiger partial charge is 0.500 e. The van der Waals surface area contributed by atoms with Crippen molar-refractivity contribution in [2.24, 2.45) is 0 Å². The summed E-state index contributed by atoms with van der Waals surface area (Å²) in [6, 6.07) is 4.39. The van der Waals surface area contributed by atoms with Gasteiger partial charge >= 0.3 is 11.7 Å². The van der Waals surface area contributed by atoms with Gasteiger partial charge in [-0.3, -0.25) is 29.9 Å². The summed E-state index contributed by atoms with van der Waals surface area (Å²) in [6.45, 7) is -0.207. The molecule has 0 spiro atoms. The average Bonchev–Trinajstić information content (AvgIpc) is 3.16. The van der Waals surface area contributed by atoms with E-state index < -0.39 is 39.8 Å². The molecule has 1 aromatic carbocycles. The van der Waals surface area contributed by atoms with Crippen LogP contribution in [0.15, 0.2) is 40.5 Å². The third-order valence-corrected chi connectivity index (χ3v) is 3.88. The van der Waals surface area contributed by atoms with E-state index in [4.69, 9.17) is 9.15 Å². The molecule has 3 rings (SSSR count). The Kier molecular flexibility index (Phi) is 4.81. The standard InChI is InChI=1S/C17H13N3O8/c1-27-13-7-9(6-12(14(13)21)20(25)26)5-11-15(22)18-17(24)19(16(11)23)8-10-3-2-4-28-10/h2-7,21H,8H2,1H3,(H,18,22,24)/b11-5+. The minimum atomic E-state index is -0.958. The second-order valence-corrected chi connectivity index (χ2v) is 5.64. The van der Waals surface area contributed by atoms with Crippen molar-refractivity contribution in [3.63, 3.8) is 0 Å². The number of benzene rings is 1. The van der Waals surface area contributed by atoms with Crippen molar-refractivity contribution in [2.45, 2.75) is 6.54 Å². The number of nitro groups is 1. The lowest BCUT2D eigenvalue weighted by molar-refractivity contribution is -0.386. The molecule has 1 aromatic heterocycles. The average molecular weight is 387 g/mol. The predicted octanol–water partition coefficient (Wildman–Crippen LogP) is 1.56. The zero-order valence-corrected chi connectivity index (χ0v) is 14.4. The first-order valence-electron chi connectivity index (χ1n) is 7.78. The van der Waals surface area contributed by atoms with E-state index in [0.717, 1.165) is 17.0 Å². The molecule has 0 unspecified atom stereocenters. The number of nitrogens with one attached hydrogen (secondary N) is 1. The fourth-order valence-electron chi connectivity index (χ4n) is 2.55. The summed E-state index contributed by atoms with van der Waals surface area (Å²) in [6.07, 6.45) is 2.43. The number of hydrogen-bond donors (Lipinski definition) is 2. The van der Waals surface area contributed by atoms with Gasteiger partial charge in [0.05, 0.1) is 24.8 Å². The van der Waals surface area contributed by atoms with E-state index in [0.29, 0.717) is 5.76 Å². The van der Waals surface area contributed by atoms with Crippen molar-refractivity contribution in [3.05, 3.63) is 57.5 Å². The number of imide groups is 2. The number of carbonyl (C=O) groups is 3. The van der Waals surface area contributed by atoms with E-state index in [2.05, 4.69) is 0 Å². The van der Waals surface area contributed by atoms with Gasteiger partial charge in [-0.25, -0.2) is 4.79 Å². The number of amides is 4. The third kappa shape index (κ3) is 3.40. The molecule has 2 N–H and O–H groups in total. The van der Waals surface area contributed by atoms with Crippen LogP contribution in [-0.2, 0) is 16.1 Å². The summed E-state index contributed by atoms with van der Waals surface area (Å²) < 4.78 is 9.98. The van der Waals surface area contributed by atoms with Crippen molar-refractivity contribution in [1.29, 1.82) is 0 Å². The topological polar surface area (TPSA) is 152 Å². The normalized spacial score (nSPS) is 15.7. The Balaban J connectivity index is 2.01. The van der Waals surface area contributed by atoms with Crippen LogP contribution in [0.2, 0.25) is 0 Å². The third-order valence-electron chi connectivity index (χ3n) is 3.88. The van der Waals surface area contributed by atoms with Gasteiger partial charge in [0.15, 0.2) is 5.75 Å². The highest BCUT2D eigenvalue weighted by Crippen LogP contribution is 2.37. The summed E-state index contributed by atoms with van der Waals surface area (Å²) in [4.78, 5) is 47.8. The molecular formula is C17H13N3O8. The van der Waals surface area contributed by atoms with Crippen LogP contribution in [0.25, 0.3) is 6.08 Å². The first kappa shape index (κ1) is 18.6. The van der Waals surface area contributed by atoms with Crippen molar-refractivity contribution >= 4 is 29.6 Å². The first-order chi connectivity index (χ1) is 13.3. The van der Waals surface area contributed by atoms with Gasteiger partial charge in [0.1, 0.15) is 11.3 Å². The lowest BCUT2D eigenvalue weighted by atomic mass is 10.1. The van der Waals surface area contributed by atoms with Crippen LogP contribution in [0, 0.1) is 10.1 Å². The number of methoxy groups -OCH3 is 1. The van der Waals surface area contributed by atoms with Crippen molar-refractivity contribution < 1.29 is 33.6 Å². The maximum atomic E-state index is 12.6. The minimum Gasteiger partial charge on any atom is -0.500 e. The molecule has 2 aromatic rings. The van der Waals surface area contributed by atoms with Gasteiger partial charge < -0.3 is 14.3 Å².